The molecule has 3 rings (SSSR count). The van der Waals surface area contributed by atoms with Crippen LogP contribution >= 0.6 is 0 Å². The van der Waals surface area contributed by atoms with Crippen LogP contribution in [0, 0.1) is 0 Å². The number of hydrogen-bond acceptors (Lipinski definition) is 6. The Bertz CT molecular complexity index is 636. The van der Waals surface area contributed by atoms with E-state index < -0.39 is 23.8 Å². The van der Waals surface area contributed by atoms with Gasteiger partial charge in [-0.15, -0.1) is 5.06 Å². The number of hydroxylamine groups is 2. The SMILES string of the molecule is O=C1Nc2cnccc2C2(CCN(OC(=O)C(F)(F)F)C2)O1. The van der Waals surface area contributed by atoms with Gasteiger partial charge < -0.3 is 9.57 Å². The minimum atomic E-state index is -5.08. The van der Waals surface area contributed by atoms with Crippen molar-refractivity contribution in [3.63, 3.8) is 0 Å². The van der Waals surface area contributed by atoms with Crippen molar-refractivity contribution in [1.82, 2.24) is 10.0 Å². The Labute approximate surface area is 122 Å². The Hall–Kier alpha value is -2.36. The molecule has 2 aliphatic rings. The summed E-state index contributed by atoms with van der Waals surface area (Å²) in [5, 5.41) is 3.31. The minimum absolute atomic E-state index is 0.0108. The molecule has 1 saturated heterocycles. The monoisotopic (exact) mass is 317 g/mol. The van der Waals surface area contributed by atoms with Gasteiger partial charge in [0.1, 0.15) is 0 Å². The molecule has 0 aromatic carbocycles. The molecule has 1 spiro atoms. The second-order valence-electron chi connectivity index (χ2n) is 4.92. The maximum Gasteiger partial charge on any atom is 0.492 e. The van der Waals surface area contributed by atoms with Gasteiger partial charge in [0, 0.05) is 24.7 Å². The zero-order valence-corrected chi connectivity index (χ0v) is 11.0. The summed E-state index contributed by atoms with van der Waals surface area (Å²) in [7, 11) is 0. The molecule has 0 radical (unpaired) electrons. The van der Waals surface area contributed by atoms with Crippen LogP contribution in [0.2, 0.25) is 0 Å². The van der Waals surface area contributed by atoms with Gasteiger partial charge in [-0.2, -0.15) is 13.2 Å². The molecule has 0 aliphatic carbocycles. The molecule has 1 atom stereocenters. The smallest absolute Gasteiger partial charge is 0.436 e. The zero-order chi connectivity index (χ0) is 16.0. The zero-order valence-electron chi connectivity index (χ0n) is 11.0. The fourth-order valence-electron chi connectivity index (χ4n) is 2.56. The summed E-state index contributed by atoms with van der Waals surface area (Å²) in [5.74, 6) is -2.31. The lowest BCUT2D eigenvalue weighted by Crippen LogP contribution is -2.42. The van der Waals surface area contributed by atoms with E-state index in [0.29, 0.717) is 11.3 Å². The van der Waals surface area contributed by atoms with Crippen LogP contribution in [0.1, 0.15) is 12.0 Å². The molecule has 1 amide bonds. The number of anilines is 1. The lowest BCUT2D eigenvalue weighted by molar-refractivity contribution is -0.237. The molecule has 0 bridgehead atoms. The number of amides is 1. The van der Waals surface area contributed by atoms with E-state index in [1.807, 2.05) is 0 Å². The summed E-state index contributed by atoms with van der Waals surface area (Å²) in [6.45, 7) is -0.171. The number of carbonyl (C=O) groups excluding carboxylic acids is 2. The fourth-order valence-corrected chi connectivity index (χ4v) is 2.56. The highest BCUT2D eigenvalue weighted by molar-refractivity contribution is 5.88. The quantitative estimate of drug-likeness (QED) is 0.847. The van der Waals surface area contributed by atoms with Crippen LogP contribution in [0.15, 0.2) is 18.5 Å². The third-order valence-corrected chi connectivity index (χ3v) is 3.48. The van der Waals surface area contributed by atoms with Crippen LogP contribution in [0.3, 0.4) is 0 Å². The molecule has 1 aromatic rings. The number of nitrogens with zero attached hydrogens (tertiary/aromatic N) is 2. The molecule has 2 aliphatic heterocycles. The van der Waals surface area contributed by atoms with Gasteiger partial charge in [0.25, 0.3) is 0 Å². The van der Waals surface area contributed by atoms with Crippen molar-refractivity contribution >= 4 is 17.7 Å². The van der Waals surface area contributed by atoms with Crippen LogP contribution in [-0.2, 0) is 20.0 Å². The number of ether oxygens (including phenoxy) is 1. The lowest BCUT2D eigenvalue weighted by Gasteiger charge is -2.34. The number of alkyl halides is 3. The average molecular weight is 317 g/mol. The molecule has 118 valence electrons. The van der Waals surface area contributed by atoms with Crippen LogP contribution in [0.25, 0.3) is 0 Å². The summed E-state index contributed by atoms with van der Waals surface area (Å²) in [4.78, 5) is 30.7. The Balaban J connectivity index is 1.82. The van der Waals surface area contributed by atoms with E-state index in [4.69, 9.17) is 4.74 Å². The van der Waals surface area contributed by atoms with Crippen LogP contribution in [0.5, 0.6) is 0 Å². The van der Waals surface area contributed by atoms with Crippen molar-refractivity contribution in [3.8, 4) is 0 Å². The highest BCUT2D eigenvalue weighted by atomic mass is 19.4. The van der Waals surface area contributed by atoms with E-state index in [0.717, 1.165) is 5.06 Å². The van der Waals surface area contributed by atoms with Gasteiger partial charge in [-0.3, -0.25) is 10.3 Å². The molecular formula is C12H10F3N3O4. The Morgan fingerprint density at radius 1 is 1.50 bits per heavy atom. The largest absolute Gasteiger partial charge is 0.492 e. The van der Waals surface area contributed by atoms with Gasteiger partial charge in [-0.1, -0.05) is 0 Å². The molecule has 7 nitrogen and oxygen atoms in total. The van der Waals surface area contributed by atoms with Crippen LogP contribution < -0.4 is 5.32 Å². The highest BCUT2D eigenvalue weighted by Gasteiger charge is 2.50. The van der Waals surface area contributed by atoms with Gasteiger partial charge in [-0.25, -0.2) is 9.59 Å². The second-order valence-corrected chi connectivity index (χ2v) is 4.92. The second kappa shape index (κ2) is 4.83. The Kier molecular flexibility index (Phi) is 3.20. The Morgan fingerprint density at radius 2 is 2.27 bits per heavy atom. The van der Waals surface area contributed by atoms with E-state index >= 15 is 0 Å². The van der Waals surface area contributed by atoms with Crippen molar-refractivity contribution in [2.75, 3.05) is 18.4 Å². The third kappa shape index (κ3) is 2.45. The van der Waals surface area contributed by atoms with E-state index in [2.05, 4.69) is 15.1 Å². The topological polar surface area (TPSA) is 80.8 Å². The van der Waals surface area contributed by atoms with Gasteiger partial charge >= 0.3 is 18.2 Å². The number of halogens is 3. The van der Waals surface area contributed by atoms with Crippen molar-refractivity contribution in [2.24, 2.45) is 0 Å². The standard InChI is InChI=1S/C12H10F3N3O4/c13-12(14,15)9(19)22-18-4-2-11(6-18)7-1-3-16-5-8(7)17-10(20)21-11/h1,3,5H,2,4,6H2,(H,17,20). The van der Waals surface area contributed by atoms with Crippen molar-refractivity contribution in [2.45, 2.75) is 18.2 Å². The third-order valence-electron chi connectivity index (χ3n) is 3.48. The number of carbonyl (C=O) groups is 2. The van der Waals surface area contributed by atoms with Gasteiger partial charge in [-0.05, 0) is 6.07 Å². The summed E-state index contributed by atoms with van der Waals surface area (Å²) >= 11 is 0. The molecule has 1 aromatic heterocycles. The first-order valence-electron chi connectivity index (χ1n) is 6.29. The Morgan fingerprint density at radius 3 is 3.00 bits per heavy atom. The first kappa shape index (κ1) is 14.6. The van der Waals surface area contributed by atoms with E-state index in [1.165, 1.54) is 12.4 Å². The van der Waals surface area contributed by atoms with Gasteiger partial charge in [0.05, 0.1) is 18.4 Å². The van der Waals surface area contributed by atoms with E-state index in [-0.39, 0.29) is 19.5 Å². The minimum Gasteiger partial charge on any atom is -0.436 e. The maximum atomic E-state index is 12.2. The number of rotatable bonds is 1. The molecule has 1 N–H and O–H groups in total. The van der Waals surface area contributed by atoms with Crippen LogP contribution in [-0.4, -0.2) is 41.4 Å². The van der Waals surface area contributed by atoms with E-state index in [1.54, 1.807) is 6.07 Å². The number of aromatic nitrogens is 1. The fraction of sp³-hybridized carbons (Fsp3) is 0.417. The number of fused-ring (bicyclic) bond motifs is 2. The molecule has 1 fully saturated rings. The predicted octanol–water partition coefficient (Wildman–Crippen LogP) is 1.57. The van der Waals surface area contributed by atoms with Crippen molar-refractivity contribution in [1.29, 1.82) is 0 Å². The summed E-state index contributed by atoms with van der Waals surface area (Å²) in [6, 6.07) is 1.60. The van der Waals surface area contributed by atoms with Gasteiger partial charge in [0.2, 0.25) is 0 Å². The normalized spacial score (nSPS) is 24.6. The number of hydrogen-bond donors (Lipinski definition) is 1. The highest BCUT2D eigenvalue weighted by Crippen LogP contribution is 2.42. The van der Waals surface area contributed by atoms with Crippen molar-refractivity contribution < 1.29 is 32.3 Å². The van der Waals surface area contributed by atoms with Crippen LogP contribution in [0.4, 0.5) is 23.7 Å². The number of nitrogens with one attached hydrogen (secondary N) is 1. The molecule has 22 heavy (non-hydrogen) atoms. The van der Waals surface area contributed by atoms with E-state index in [9.17, 15) is 22.8 Å². The average Bonchev–Trinajstić information content (AvgIpc) is 2.81. The molecular weight excluding hydrogens is 307 g/mol. The first-order chi connectivity index (χ1) is 10.3. The molecule has 1 unspecified atom stereocenters. The maximum absolute atomic E-state index is 12.2. The summed E-state index contributed by atoms with van der Waals surface area (Å²) in [6.07, 6.45) is -2.72. The summed E-state index contributed by atoms with van der Waals surface area (Å²) < 4.78 is 42.0. The molecule has 0 saturated carbocycles. The summed E-state index contributed by atoms with van der Waals surface area (Å²) in [5.41, 5.74) is -0.164. The molecule has 3 heterocycles. The lowest BCUT2D eigenvalue weighted by atomic mass is 9.91. The van der Waals surface area contributed by atoms with Gasteiger partial charge in [0.15, 0.2) is 5.60 Å². The number of pyridine rings is 1. The predicted molar refractivity (Wildman–Crippen MR) is 64.4 cm³/mol. The van der Waals surface area contributed by atoms with Crippen molar-refractivity contribution in [3.05, 3.63) is 24.0 Å². The molecule has 10 heteroatoms. The first-order valence-corrected chi connectivity index (χ1v) is 6.29.